The number of fused-ring (bicyclic) bond motifs is 1. The minimum atomic E-state index is 0. The lowest BCUT2D eigenvalue weighted by Gasteiger charge is -2.20. The maximum Gasteiger partial charge on any atom is 0.251 e. The molecular formula is C15H17ClN2OS. The number of benzene rings is 1. The number of halogens is 1. The standard InChI is InChI=1S/C15H16N2OS.ClH/c18-15(17-10-11-4-3-9-19-11)13-5-1-7-14-12(13)6-2-8-16-14;/h1,3-5,7,9,16H,2,6,8,10H2,(H,17,18);1H. The van der Waals surface area contributed by atoms with Crippen LogP contribution in [0.4, 0.5) is 5.69 Å². The Kier molecular flexibility index (Phi) is 5.04. The zero-order chi connectivity index (χ0) is 13.1. The summed E-state index contributed by atoms with van der Waals surface area (Å²) in [6, 6.07) is 9.94. The van der Waals surface area contributed by atoms with Crippen LogP contribution in [0.15, 0.2) is 35.7 Å². The Morgan fingerprint density at radius 1 is 1.30 bits per heavy atom. The van der Waals surface area contributed by atoms with Gasteiger partial charge in [-0.3, -0.25) is 4.79 Å². The van der Waals surface area contributed by atoms with E-state index in [1.807, 2.05) is 35.7 Å². The van der Waals surface area contributed by atoms with Crippen LogP contribution in [-0.2, 0) is 13.0 Å². The Hall–Kier alpha value is -1.52. The third kappa shape index (κ3) is 3.14. The molecule has 1 amide bonds. The monoisotopic (exact) mass is 308 g/mol. The van der Waals surface area contributed by atoms with E-state index < -0.39 is 0 Å². The lowest BCUT2D eigenvalue weighted by atomic mass is 9.97. The summed E-state index contributed by atoms with van der Waals surface area (Å²) in [7, 11) is 0. The number of carbonyl (C=O) groups excluding carboxylic acids is 1. The Balaban J connectivity index is 0.00000147. The first-order valence-electron chi connectivity index (χ1n) is 6.51. The number of nitrogens with one attached hydrogen (secondary N) is 2. The molecule has 1 aromatic heterocycles. The van der Waals surface area contributed by atoms with Crippen molar-refractivity contribution >= 4 is 35.3 Å². The van der Waals surface area contributed by atoms with Gasteiger partial charge in [0.15, 0.2) is 0 Å². The van der Waals surface area contributed by atoms with Crippen molar-refractivity contribution < 1.29 is 4.79 Å². The topological polar surface area (TPSA) is 41.1 Å². The molecular weight excluding hydrogens is 292 g/mol. The van der Waals surface area contributed by atoms with Crippen LogP contribution in [0.3, 0.4) is 0 Å². The highest BCUT2D eigenvalue weighted by molar-refractivity contribution is 7.09. The van der Waals surface area contributed by atoms with E-state index in [1.165, 1.54) is 4.88 Å². The number of rotatable bonds is 3. The summed E-state index contributed by atoms with van der Waals surface area (Å²) in [6.45, 7) is 1.60. The lowest BCUT2D eigenvalue weighted by Crippen LogP contribution is -2.25. The van der Waals surface area contributed by atoms with E-state index in [2.05, 4.69) is 10.6 Å². The van der Waals surface area contributed by atoms with Crippen LogP contribution >= 0.6 is 23.7 Å². The molecule has 1 aliphatic rings. The molecule has 0 saturated carbocycles. The number of amides is 1. The molecule has 0 fully saturated rings. The summed E-state index contributed by atoms with van der Waals surface area (Å²) in [5.41, 5.74) is 3.06. The van der Waals surface area contributed by atoms with Gasteiger partial charge in [-0.15, -0.1) is 23.7 Å². The van der Waals surface area contributed by atoms with Crippen molar-refractivity contribution in [3.63, 3.8) is 0 Å². The molecule has 0 atom stereocenters. The largest absolute Gasteiger partial charge is 0.385 e. The average Bonchev–Trinajstić information content (AvgIpc) is 2.97. The summed E-state index contributed by atoms with van der Waals surface area (Å²) in [6.07, 6.45) is 2.06. The summed E-state index contributed by atoms with van der Waals surface area (Å²) in [5.74, 6) is 0.0222. The molecule has 106 valence electrons. The number of carbonyl (C=O) groups is 1. The molecule has 1 aliphatic heterocycles. The summed E-state index contributed by atoms with van der Waals surface area (Å²) in [5, 5.41) is 8.37. The Morgan fingerprint density at radius 3 is 3.00 bits per heavy atom. The SMILES string of the molecule is Cl.O=C(NCc1cccs1)c1cccc2c1CCCN2. The van der Waals surface area contributed by atoms with Gasteiger partial charge in [0.1, 0.15) is 0 Å². The van der Waals surface area contributed by atoms with Crippen molar-refractivity contribution in [2.75, 3.05) is 11.9 Å². The van der Waals surface area contributed by atoms with E-state index in [1.54, 1.807) is 11.3 Å². The van der Waals surface area contributed by atoms with Crippen molar-refractivity contribution in [1.29, 1.82) is 0 Å². The number of thiophene rings is 1. The van der Waals surface area contributed by atoms with Crippen LogP contribution in [0.2, 0.25) is 0 Å². The molecule has 5 heteroatoms. The second-order valence-corrected chi connectivity index (χ2v) is 5.66. The van der Waals surface area contributed by atoms with Gasteiger partial charge in [-0.25, -0.2) is 0 Å². The van der Waals surface area contributed by atoms with Crippen molar-refractivity contribution in [3.8, 4) is 0 Å². The Morgan fingerprint density at radius 2 is 2.20 bits per heavy atom. The summed E-state index contributed by atoms with van der Waals surface area (Å²) >= 11 is 1.66. The minimum Gasteiger partial charge on any atom is -0.385 e. The van der Waals surface area contributed by atoms with E-state index in [9.17, 15) is 4.79 Å². The number of anilines is 1. The van der Waals surface area contributed by atoms with Crippen molar-refractivity contribution in [1.82, 2.24) is 5.32 Å². The van der Waals surface area contributed by atoms with Crippen LogP contribution in [0.25, 0.3) is 0 Å². The fraction of sp³-hybridized carbons (Fsp3) is 0.267. The molecule has 0 radical (unpaired) electrons. The van der Waals surface area contributed by atoms with E-state index in [-0.39, 0.29) is 18.3 Å². The highest BCUT2D eigenvalue weighted by atomic mass is 35.5. The molecule has 3 rings (SSSR count). The van der Waals surface area contributed by atoms with Gasteiger partial charge >= 0.3 is 0 Å². The minimum absolute atomic E-state index is 0. The highest BCUT2D eigenvalue weighted by Crippen LogP contribution is 2.25. The lowest BCUT2D eigenvalue weighted by molar-refractivity contribution is 0.0950. The zero-order valence-electron chi connectivity index (χ0n) is 11.0. The van der Waals surface area contributed by atoms with Gasteiger partial charge in [0, 0.05) is 22.7 Å². The zero-order valence-corrected chi connectivity index (χ0v) is 12.7. The molecule has 0 spiro atoms. The third-order valence-corrected chi connectivity index (χ3v) is 4.22. The molecule has 2 N–H and O–H groups in total. The predicted octanol–water partition coefficient (Wildman–Crippen LogP) is 3.46. The van der Waals surface area contributed by atoms with Crippen molar-refractivity contribution in [2.45, 2.75) is 19.4 Å². The van der Waals surface area contributed by atoms with Gasteiger partial charge in [0.25, 0.3) is 5.91 Å². The van der Waals surface area contributed by atoms with Crippen LogP contribution in [0.5, 0.6) is 0 Å². The first-order valence-corrected chi connectivity index (χ1v) is 7.39. The fourth-order valence-electron chi connectivity index (χ4n) is 2.40. The maximum absolute atomic E-state index is 12.3. The van der Waals surface area contributed by atoms with Crippen LogP contribution in [-0.4, -0.2) is 12.5 Å². The Bertz CT molecular complexity index is 584. The van der Waals surface area contributed by atoms with Gasteiger partial charge < -0.3 is 10.6 Å². The third-order valence-electron chi connectivity index (χ3n) is 3.34. The first-order chi connectivity index (χ1) is 9.34. The van der Waals surface area contributed by atoms with Crippen LogP contribution < -0.4 is 10.6 Å². The predicted molar refractivity (Wildman–Crippen MR) is 86.0 cm³/mol. The quantitative estimate of drug-likeness (QED) is 0.911. The summed E-state index contributed by atoms with van der Waals surface area (Å²) < 4.78 is 0. The fourth-order valence-corrected chi connectivity index (χ4v) is 3.04. The van der Waals surface area contributed by atoms with E-state index in [0.717, 1.165) is 36.2 Å². The van der Waals surface area contributed by atoms with E-state index in [4.69, 9.17) is 0 Å². The van der Waals surface area contributed by atoms with E-state index in [0.29, 0.717) is 6.54 Å². The van der Waals surface area contributed by atoms with Gasteiger partial charge in [-0.1, -0.05) is 12.1 Å². The molecule has 2 heterocycles. The van der Waals surface area contributed by atoms with Crippen LogP contribution in [0.1, 0.15) is 27.2 Å². The first kappa shape index (κ1) is 14.9. The second-order valence-electron chi connectivity index (χ2n) is 4.62. The maximum atomic E-state index is 12.3. The van der Waals surface area contributed by atoms with E-state index >= 15 is 0 Å². The van der Waals surface area contributed by atoms with Gasteiger partial charge in [0.05, 0.1) is 6.54 Å². The molecule has 0 aliphatic carbocycles. The average molecular weight is 309 g/mol. The van der Waals surface area contributed by atoms with Crippen LogP contribution in [0, 0.1) is 0 Å². The van der Waals surface area contributed by atoms with Crippen molar-refractivity contribution in [3.05, 3.63) is 51.7 Å². The molecule has 1 aromatic carbocycles. The molecule has 0 bridgehead atoms. The number of hydrogen-bond donors (Lipinski definition) is 2. The highest BCUT2D eigenvalue weighted by Gasteiger charge is 2.16. The van der Waals surface area contributed by atoms with Gasteiger partial charge in [-0.2, -0.15) is 0 Å². The van der Waals surface area contributed by atoms with Gasteiger partial charge in [0.2, 0.25) is 0 Å². The number of hydrogen-bond acceptors (Lipinski definition) is 3. The molecule has 0 saturated heterocycles. The van der Waals surface area contributed by atoms with Gasteiger partial charge in [-0.05, 0) is 42.0 Å². The smallest absolute Gasteiger partial charge is 0.251 e. The van der Waals surface area contributed by atoms with Crippen molar-refractivity contribution in [2.24, 2.45) is 0 Å². The second kappa shape index (κ2) is 6.77. The molecule has 2 aromatic rings. The molecule has 20 heavy (non-hydrogen) atoms. The Labute approximate surface area is 128 Å². The molecule has 0 unspecified atom stereocenters. The summed E-state index contributed by atoms with van der Waals surface area (Å²) in [4.78, 5) is 13.5. The normalized spacial score (nSPS) is 12.8. The molecule has 3 nitrogen and oxygen atoms in total.